The molecule has 7 heteroatoms. The van der Waals surface area contributed by atoms with Gasteiger partial charge in [-0.2, -0.15) is 0 Å². The second-order valence-electron chi connectivity index (χ2n) is 4.60. The van der Waals surface area contributed by atoms with Gasteiger partial charge in [0.25, 0.3) is 0 Å². The van der Waals surface area contributed by atoms with Crippen molar-refractivity contribution in [2.75, 3.05) is 24.3 Å². The molecule has 0 heterocycles. The van der Waals surface area contributed by atoms with Crippen molar-refractivity contribution in [3.05, 3.63) is 58.9 Å². The lowest BCUT2D eigenvalue weighted by atomic mass is 10.2. The number of rotatable bonds is 5. The molecule has 5 nitrogen and oxygen atoms in total. The number of esters is 1. The molecule has 0 aliphatic heterocycles. The Labute approximate surface area is 137 Å². The molecule has 0 aliphatic carbocycles. The molecule has 2 N–H and O–H groups in total. The van der Waals surface area contributed by atoms with Gasteiger partial charge in [-0.25, -0.2) is 9.18 Å². The topological polar surface area (TPSA) is 67.4 Å². The number of nitrogens with one attached hydrogen (secondary N) is 2. The monoisotopic (exact) mass is 336 g/mol. The van der Waals surface area contributed by atoms with Crippen LogP contribution in [0.25, 0.3) is 0 Å². The normalized spacial score (nSPS) is 10.0. The van der Waals surface area contributed by atoms with Crippen LogP contribution in [0.2, 0.25) is 5.02 Å². The van der Waals surface area contributed by atoms with Crippen LogP contribution in [0.1, 0.15) is 10.4 Å². The highest BCUT2D eigenvalue weighted by atomic mass is 35.5. The standard InChI is InChI=1S/C16H14ClFN2O3/c1-23-16(22)10-3-2-4-11(7-10)19-9-15(21)20-12-5-6-14(18)13(17)8-12/h2-8,19H,9H2,1H3,(H,20,21). The zero-order chi connectivity index (χ0) is 16.8. The van der Waals surface area contributed by atoms with Gasteiger partial charge in [-0.1, -0.05) is 17.7 Å². The van der Waals surface area contributed by atoms with Crippen LogP contribution in [0.15, 0.2) is 42.5 Å². The van der Waals surface area contributed by atoms with Gasteiger partial charge in [0.05, 0.1) is 24.2 Å². The van der Waals surface area contributed by atoms with Crippen molar-refractivity contribution < 1.29 is 18.7 Å². The highest BCUT2D eigenvalue weighted by molar-refractivity contribution is 6.31. The Bertz CT molecular complexity index is 737. The first-order valence-electron chi connectivity index (χ1n) is 6.67. The zero-order valence-electron chi connectivity index (χ0n) is 12.2. The number of amides is 1. The lowest BCUT2D eigenvalue weighted by molar-refractivity contribution is -0.114. The Kier molecular flexibility index (Phi) is 5.54. The molecule has 0 radical (unpaired) electrons. The van der Waals surface area contributed by atoms with E-state index in [-0.39, 0.29) is 17.5 Å². The molecule has 0 fully saturated rings. The Balaban J connectivity index is 1.94. The van der Waals surface area contributed by atoms with Crippen molar-refractivity contribution in [1.29, 1.82) is 0 Å². The SMILES string of the molecule is COC(=O)c1cccc(NCC(=O)Nc2ccc(F)c(Cl)c2)c1. The van der Waals surface area contributed by atoms with Gasteiger partial charge in [0.1, 0.15) is 5.82 Å². The number of ether oxygens (including phenoxy) is 1. The van der Waals surface area contributed by atoms with E-state index in [4.69, 9.17) is 11.6 Å². The number of carbonyl (C=O) groups excluding carboxylic acids is 2. The zero-order valence-corrected chi connectivity index (χ0v) is 13.0. The van der Waals surface area contributed by atoms with Gasteiger partial charge < -0.3 is 15.4 Å². The fourth-order valence-corrected chi connectivity index (χ4v) is 2.02. The molecule has 0 aromatic heterocycles. The summed E-state index contributed by atoms with van der Waals surface area (Å²) in [7, 11) is 1.30. The lowest BCUT2D eigenvalue weighted by Crippen LogP contribution is -2.21. The van der Waals surface area contributed by atoms with Crippen molar-refractivity contribution in [3.63, 3.8) is 0 Å². The summed E-state index contributed by atoms with van der Waals surface area (Å²) in [5.74, 6) is -1.35. The second-order valence-corrected chi connectivity index (χ2v) is 5.01. The summed E-state index contributed by atoms with van der Waals surface area (Å²) >= 11 is 5.65. The van der Waals surface area contributed by atoms with Gasteiger partial charge in [-0.3, -0.25) is 4.79 Å². The van der Waals surface area contributed by atoms with E-state index in [0.717, 1.165) is 0 Å². The maximum absolute atomic E-state index is 13.0. The van der Waals surface area contributed by atoms with E-state index in [0.29, 0.717) is 16.9 Å². The predicted molar refractivity (Wildman–Crippen MR) is 86.3 cm³/mol. The molecule has 0 saturated heterocycles. The van der Waals surface area contributed by atoms with Crippen molar-refractivity contribution in [2.45, 2.75) is 0 Å². The number of anilines is 2. The first-order valence-corrected chi connectivity index (χ1v) is 7.04. The number of carbonyl (C=O) groups is 2. The number of hydrogen-bond donors (Lipinski definition) is 2. The molecular weight excluding hydrogens is 323 g/mol. The summed E-state index contributed by atoms with van der Waals surface area (Å²) in [5, 5.41) is 5.40. The number of hydrogen-bond acceptors (Lipinski definition) is 4. The fourth-order valence-electron chi connectivity index (χ4n) is 1.84. The van der Waals surface area contributed by atoms with Crippen molar-refractivity contribution in [3.8, 4) is 0 Å². The summed E-state index contributed by atoms with van der Waals surface area (Å²) < 4.78 is 17.7. The molecule has 0 unspecified atom stereocenters. The first-order chi connectivity index (χ1) is 11.0. The fraction of sp³-hybridized carbons (Fsp3) is 0.125. The minimum absolute atomic E-state index is 0.0282. The molecule has 1 amide bonds. The molecule has 0 aliphatic rings. The molecular formula is C16H14ClFN2O3. The van der Waals surface area contributed by atoms with E-state index in [1.54, 1.807) is 24.3 Å². The average Bonchev–Trinajstić information content (AvgIpc) is 2.56. The lowest BCUT2D eigenvalue weighted by Gasteiger charge is -2.09. The van der Waals surface area contributed by atoms with Crippen LogP contribution < -0.4 is 10.6 Å². The number of benzene rings is 2. The molecule has 2 aromatic rings. The minimum atomic E-state index is -0.553. The van der Waals surface area contributed by atoms with Gasteiger partial charge in [0.2, 0.25) is 5.91 Å². The molecule has 0 atom stereocenters. The van der Waals surface area contributed by atoms with Gasteiger partial charge in [0, 0.05) is 11.4 Å². The summed E-state index contributed by atoms with van der Waals surface area (Å²) in [6, 6.07) is 10.5. The van der Waals surface area contributed by atoms with E-state index >= 15 is 0 Å². The van der Waals surface area contributed by atoms with E-state index < -0.39 is 11.8 Å². The molecule has 2 aromatic carbocycles. The Morgan fingerprint density at radius 1 is 1.17 bits per heavy atom. The molecule has 2 rings (SSSR count). The quantitative estimate of drug-likeness (QED) is 0.822. The van der Waals surface area contributed by atoms with Crippen molar-refractivity contribution >= 4 is 34.9 Å². The van der Waals surface area contributed by atoms with Crippen molar-refractivity contribution in [2.24, 2.45) is 0 Å². The maximum Gasteiger partial charge on any atom is 0.337 e. The number of methoxy groups -OCH3 is 1. The van der Waals surface area contributed by atoms with Crippen LogP contribution in [0.4, 0.5) is 15.8 Å². The van der Waals surface area contributed by atoms with Gasteiger partial charge >= 0.3 is 5.97 Å². The van der Waals surface area contributed by atoms with Crippen LogP contribution >= 0.6 is 11.6 Å². The largest absolute Gasteiger partial charge is 0.465 e. The van der Waals surface area contributed by atoms with Crippen LogP contribution in [0.3, 0.4) is 0 Å². The van der Waals surface area contributed by atoms with Crippen LogP contribution in [-0.4, -0.2) is 25.5 Å². The first kappa shape index (κ1) is 16.8. The van der Waals surface area contributed by atoms with E-state index in [1.165, 1.54) is 25.3 Å². The Morgan fingerprint density at radius 3 is 2.65 bits per heavy atom. The Morgan fingerprint density at radius 2 is 1.96 bits per heavy atom. The van der Waals surface area contributed by atoms with Gasteiger partial charge in [0.15, 0.2) is 0 Å². The van der Waals surface area contributed by atoms with Crippen molar-refractivity contribution in [1.82, 2.24) is 0 Å². The third-order valence-corrected chi connectivity index (χ3v) is 3.23. The number of halogens is 2. The molecule has 23 heavy (non-hydrogen) atoms. The summed E-state index contributed by atoms with van der Waals surface area (Å²) in [6.45, 7) is -0.0282. The third kappa shape index (κ3) is 4.69. The van der Waals surface area contributed by atoms with Crippen LogP contribution in [-0.2, 0) is 9.53 Å². The highest BCUT2D eigenvalue weighted by Crippen LogP contribution is 2.19. The molecule has 0 spiro atoms. The molecule has 0 saturated carbocycles. The van der Waals surface area contributed by atoms with Crippen LogP contribution in [0.5, 0.6) is 0 Å². The van der Waals surface area contributed by atoms with Gasteiger partial charge in [-0.05, 0) is 36.4 Å². The Hall–Kier alpha value is -2.60. The van der Waals surface area contributed by atoms with Gasteiger partial charge in [-0.15, -0.1) is 0 Å². The minimum Gasteiger partial charge on any atom is -0.465 e. The second kappa shape index (κ2) is 7.60. The smallest absolute Gasteiger partial charge is 0.337 e. The highest BCUT2D eigenvalue weighted by Gasteiger charge is 2.08. The molecule has 0 bridgehead atoms. The van der Waals surface area contributed by atoms with E-state index in [9.17, 15) is 14.0 Å². The third-order valence-electron chi connectivity index (χ3n) is 2.94. The average molecular weight is 337 g/mol. The summed E-state index contributed by atoms with van der Waals surface area (Å²) in [6.07, 6.45) is 0. The van der Waals surface area contributed by atoms with E-state index in [1.807, 2.05) is 0 Å². The summed E-state index contributed by atoms with van der Waals surface area (Å²) in [4.78, 5) is 23.3. The van der Waals surface area contributed by atoms with E-state index in [2.05, 4.69) is 15.4 Å². The molecule has 120 valence electrons. The maximum atomic E-state index is 13.0. The van der Waals surface area contributed by atoms with Crippen LogP contribution in [0, 0.1) is 5.82 Å². The summed E-state index contributed by atoms with van der Waals surface area (Å²) in [5.41, 5.74) is 1.37. The predicted octanol–water partition coefficient (Wildman–Crippen LogP) is 3.32.